The second-order valence-electron chi connectivity index (χ2n) is 6.93. The fourth-order valence-corrected chi connectivity index (χ4v) is 6.95. The number of aromatic nitrogens is 2. The molecule has 3 heteroatoms. The molecule has 1 aliphatic heterocycles. The van der Waals surface area contributed by atoms with Crippen molar-refractivity contribution >= 4 is 23.9 Å². The topological polar surface area (TPSA) is 16.8 Å². The van der Waals surface area contributed by atoms with Crippen LogP contribution in [0.1, 0.15) is 30.5 Å². The van der Waals surface area contributed by atoms with E-state index >= 15 is 0 Å². The van der Waals surface area contributed by atoms with E-state index in [0.717, 1.165) is 0 Å². The normalized spacial score (nSPS) is 14.8. The maximum absolute atomic E-state index is 4.38. The van der Waals surface area contributed by atoms with Crippen molar-refractivity contribution in [3.05, 3.63) is 71.7 Å². The van der Waals surface area contributed by atoms with Crippen molar-refractivity contribution in [2.75, 3.05) is 0 Å². The number of fused-ring (bicyclic) bond motifs is 2. The van der Waals surface area contributed by atoms with Gasteiger partial charge in [0.1, 0.15) is 0 Å². The molecule has 2 aromatic carbocycles. The van der Waals surface area contributed by atoms with Crippen LogP contribution in [0.5, 0.6) is 0 Å². The van der Waals surface area contributed by atoms with E-state index in [1.807, 2.05) is 18.6 Å². The summed E-state index contributed by atoms with van der Waals surface area (Å²) in [5.41, 5.74) is 6.87. The first-order valence-electron chi connectivity index (χ1n) is 8.21. The SMILES string of the molecule is Cc1ccc2c(c1-c1cncc[n+]1C)[Se]c1ccccc1C2(C)C. The van der Waals surface area contributed by atoms with Crippen LogP contribution in [0.3, 0.4) is 0 Å². The molecule has 24 heavy (non-hydrogen) atoms. The van der Waals surface area contributed by atoms with Gasteiger partial charge >= 0.3 is 150 Å². The Bertz CT molecular complexity index is 944. The Morgan fingerprint density at radius 1 is 1.04 bits per heavy atom. The molecular formula is C21H21N2Se+. The average Bonchev–Trinajstić information content (AvgIpc) is 2.56. The molecular weight excluding hydrogens is 359 g/mol. The van der Waals surface area contributed by atoms with Crippen LogP contribution in [0.15, 0.2) is 55.0 Å². The van der Waals surface area contributed by atoms with E-state index in [-0.39, 0.29) is 5.41 Å². The monoisotopic (exact) mass is 381 g/mol. The molecule has 1 aromatic heterocycles. The second-order valence-corrected chi connectivity index (χ2v) is 9.14. The van der Waals surface area contributed by atoms with Crippen LogP contribution in [-0.4, -0.2) is 19.9 Å². The zero-order chi connectivity index (χ0) is 16.9. The molecule has 0 saturated carbocycles. The molecule has 0 radical (unpaired) electrons. The summed E-state index contributed by atoms with van der Waals surface area (Å²) < 4.78 is 5.19. The van der Waals surface area contributed by atoms with Gasteiger partial charge in [0.05, 0.1) is 0 Å². The second kappa shape index (κ2) is 5.54. The molecule has 0 atom stereocenters. The third-order valence-electron chi connectivity index (χ3n) is 5.02. The minimum absolute atomic E-state index is 0.0369. The van der Waals surface area contributed by atoms with Crippen molar-refractivity contribution in [1.82, 2.24) is 4.98 Å². The van der Waals surface area contributed by atoms with Crippen LogP contribution >= 0.6 is 0 Å². The number of hydrogen-bond acceptors (Lipinski definition) is 1. The van der Waals surface area contributed by atoms with Gasteiger partial charge in [-0.15, -0.1) is 0 Å². The van der Waals surface area contributed by atoms with E-state index in [1.54, 1.807) is 0 Å². The van der Waals surface area contributed by atoms with Gasteiger partial charge < -0.3 is 0 Å². The first kappa shape index (κ1) is 15.6. The number of aryl methyl sites for hydroxylation is 2. The molecule has 0 saturated heterocycles. The zero-order valence-electron chi connectivity index (χ0n) is 14.5. The number of benzene rings is 2. The van der Waals surface area contributed by atoms with Crippen LogP contribution in [0.2, 0.25) is 0 Å². The summed E-state index contributed by atoms with van der Waals surface area (Å²) in [6, 6.07) is 13.5. The molecule has 0 spiro atoms. The fraction of sp³-hybridized carbons (Fsp3) is 0.238. The molecule has 0 fully saturated rings. The van der Waals surface area contributed by atoms with Crippen LogP contribution in [0.25, 0.3) is 11.3 Å². The van der Waals surface area contributed by atoms with Gasteiger partial charge in [-0.25, -0.2) is 0 Å². The average molecular weight is 380 g/mol. The molecule has 0 aliphatic carbocycles. The Morgan fingerprint density at radius 2 is 1.83 bits per heavy atom. The Morgan fingerprint density at radius 3 is 2.62 bits per heavy atom. The summed E-state index contributed by atoms with van der Waals surface area (Å²) in [6.07, 6.45) is 5.87. The van der Waals surface area contributed by atoms with E-state index in [2.05, 4.69) is 73.8 Å². The van der Waals surface area contributed by atoms with Crippen molar-refractivity contribution in [2.24, 2.45) is 7.05 Å². The van der Waals surface area contributed by atoms with E-state index in [4.69, 9.17) is 0 Å². The fourth-order valence-electron chi connectivity index (χ4n) is 3.59. The molecule has 3 aromatic rings. The van der Waals surface area contributed by atoms with Gasteiger partial charge in [-0.2, -0.15) is 0 Å². The van der Waals surface area contributed by atoms with Gasteiger partial charge in [-0.1, -0.05) is 0 Å². The molecule has 120 valence electrons. The molecule has 2 nitrogen and oxygen atoms in total. The van der Waals surface area contributed by atoms with E-state index in [1.165, 1.54) is 36.9 Å². The molecule has 0 amide bonds. The maximum atomic E-state index is 4.38. The summed E-state index contributed by atoms with van der Waals surface area (Å²) in [6.45, 7) is 6.91. The molecule has 0 unspecified atom stereocenters. The van der Waals surface area contributed by atoms with Crippen LogP contribution < -0.4 is 13.5 Å². The molecule has 2 heterocycles. The van der Waals surface area contributed by atoms with Gasteiger partial charge in [0, 0.05) is 0 Å². The number of rotatable bonds is 1. The predicted molar refractivity (Wildman–Crippen MR) is 99.2 cm³/mol. The Balaban J connectivity index is 2.03. The third kappa shape index (κ3) is 2.23. The van der Waals surface area contributed by atoms with Crippen molar-refractivity contribution in [1.29, 1.82) is 0 Å². The van der Waals surface area contributed by atoms with E-state index in [9.17, 15) is 0 Å². The van der Waals surface area contributed by atoms with Crippen LogP contribution in [-0.2, 0) is 12.5 Å². The van der Waals surface area contributed by atoms with Gasteiger partial charge in [-0.05, 0) is 0 Å². The quantitative estimate of drug-likeness (QED) is 0.467. The number of hydrogen-bond donors (Lipinski definition) is 0. The molecule has 1 aliphatic rings. The summed E-state index contributed by atoms with van der Waals surface area (Å²) >= 11 is 0.311. The van der Waals surface area contributed by atoms with Gasteiger partial charge in [0.15, 0.2) is 0 Å². The summed E-state index contributed by atoms with van der Waals surface area (Å²) in [4.78, 5) is 4.38. The van der Waals surface area contributed by atoms with Crippen molar-refractivity contribution in [2.45, 2.75) is 26.2 Å². The minimum atomic E-state index is 0.0369. The third-order valence-corrected chi connectivity index (χ3v) is 7.55. The van der Waals surface area contributed by atoms with E-state index in [0.29, 0.717) is 15.0 Å². The Kier molecular flexibility index (Phi) is 3.59. The first-order chi connectivity index (χ1) is 11.5. The zero-order valence-corrected chi connectivity index (χ0v) is 16.2. The van der Waals surface area contributed by atoms with Gasteiger partial charge in [0.25, 0.3) is 0 Å². The Labute approximate surface area is 149 Å². The van der Waals surface area contributed by atoms with E-state index < -0.39 is 0 Å². The van der Waals surface area contributed by atoms with Crippen molar-refractivity contribution in [3.63, 3.8) is 0 Å². The summed E-state index contributed by atoms with van der Waals surface area (Å²) in [7, 11) is 2.10. The van der Waals surface area contributed by atoms with Crippen molar-refractivity contribution < 1.29 is 4.57 Å². The van der Waals surface area contributed by atoms with Crippen molar-refractivity contribution in [3.8, 4) is 11.3 Å². The molecule has 0 N–H and O–H groups in total. The van der Waals surface area contributed by atoms with Gasteiger partial charge in [0.2, 0.25) is 0 Å². The molecule has 4 rings (SSSR count). The first-order valence-corrected chi connectivity index (χ1v) is 9.93. The molecule has 0 bridgehead atoms. The van der Waals surface area contributed by atoms with Gasteiger partial charge in [-0.3, -0.25) is 0 Å². The summed E-state index contributed by atoms with van der Waals surface area (Å²) in [5, 5.41) is 0. The predicted octanol–water partition coefficient (Wildman–Crippen LogP) is 2.18. The van der Waals surface area contributed by atoms with Crippen LogP contribution in [0, 0.1) is 6.92 Å². The number of nitrogens with zero attached hydrogens (tertiary/aromatic N) is 2. The standard InChI is InChI=1S/C21H21N2Se/c1-14-9-10-16-20(19(14)17-13-22-11-12-23(17)4)24-18-8-6-5-7-15(18)21(16,2)3/h5-13H,1-4H3/q+1. The Hall–Kier alpha value is -1.96. The summed E-state index contributed by atoms with van der Waals surface area (Å²) in [5.74, 6) is 0. The van der Waals surface area contributed by atoms with Crippen LogP contribution in [0.4, 0.5) is 0 Å².